The van der Waals surface area contributed by atoms with Crippen LogP contribution >= 0.6 is 15.9 Å². The van der Waals surface area contributed by atoms with E-state index >= 15 is 0 Å². The van der Waals surface area contributed by atoms with Gasteiger partial charge in [0.1, 0.15) is 5.69 Å². The summed E-state index contributed by atoms with van der Waals surface area (Å²) in [6.07, 6.45) is 3.10. The smallest absolute Gasteiger partial charge is 0.276 e. The Bertz CT molecular complexity index is 559. The fourth-order valence-electron chi connectivity index (χ4n) is 1.24. The van der Waals surface area contributed by atoms with Crippen molar-refractivity contribution in [3.8, 4) is 0 Å². The van der Waals surface area contributed by atoms with Crippen LogP contribution in [0.3, 0.4) is 0 Å². The second-order valence-electron chi connectivity index (χ2n) is 3.23. The molecule has 0 radical (unpaired) electrons. The van der Waals surface area contributed by atoms with Crippen molar-refractivity contribution in [3.05, 3.63) is 46.8 Å². The Morgan fingerprint density at radius 1 is 1.24 bits per heavy atom. The Kier molecular flexibility index (Phi) is 3.34. The Balaban J connectivity index is 2.24. The monoisotopic (exact) mass is 292 g/mol. The number of nitrogens with two attached hydrogens (primary N) is 1. The van der Waals surface area contributed by atoms with Crippen LogP contribution in [0.15, 0.2) is 41.1 Å². The molecule has 0 saturated carbocycles. The normalized spacial score (nSPS) is 9.94. The standard InChI is InChI=1S/C11H9BrN4O/c12-7-3-1-5-14-9(7)11(17)16-10-8(13)4-2-6-15-10/h1-6H,13H2,(H,15,16,17). The Labute approximate surface area is 106 Å². The molecule has 3 N–H and O–H groups in total. The first-order valence-electron chi connectivity index (χ1n) is 4.81. The van der Waals surface area contributed by atoms with E-state index < -0.39 is 0 Å². The molecule has 1 amide bonds. The lowest BCUT2D eigenvalue weighted by Gasteiger charge is -2.06. The number of nitrogens with zero attached hydrogens (tertiary/aromatic N) is 2. The molecular weight excluding hydrogens is 284 g/mol. The molecular formula is C11H9BrN4O. The zero-order valence-electron chi connectivity index (χ0n) is 8.72. The minimum absolute atomic E-state index is 0.289. The van der Waals surface area contributed by atoms with E-state index in [-0.39, 0.29) is 11.6 Å². The maximum absolute atomic E-state index is 11.9. The molecule has 17 heavy (non-hydrogen) atoms. The van der Waals surface area contributed by atoms with Gasteiger partial charge in [-0.05, 0) is 40.2 Å². The third-order valence-electron chi connectivity index (χ3n) is 2.04. The van der Waals surface area contributed by atoms with Crippen LogP contribution in [-0.2, 0) is 0 Å². The molecule has 0 atom stereocenters. The number of nitrogen functional groups attached to an aromatic ring is 1. The van der Waals surface area contributed by atoms with Gasteiger partial charge in [0.25, 0.3) is 5.91 Å². The number of halogens is 1. The van der Waals surface area contributed by atoms with Crippen LogP contribution in [0.1, 0.15) is 10.5 Å². The second kappa shape index (κ2) is 4.92. The van der Waals surface area contributed by atoms with Gasteiger partial charge in [0.15, 0.2) is 5.82 Å². The summed E-state index contributed by atoms with van der Waals surface area (Å²) < 4.78 is 0.618. The molecule has 0 aliphatic rings. The summed E-state index contributed by atoms with van der Waals surface area (Å²) in [4.78, 5) is 19.8. The van der Waals surface area contributed by atoms with Crippen LogP contribution in [0.2, 0.25) is 0 Å². The lowest BCUT2D eigenvalue weighted by atomic mass is 10.3. The number of amides is 1. The van der Waals surface area contributed by atoms with E-state index in [1.165, 1.54) is 0 Å². The van der Waals surface area contributed by atoms with E-state index in [0.717, 1.165) is 0 Å². The zero-order chi connectivity index (χ0) is 12.3. The van der Waals surface area contributed by atoms with Crippen molar-refractivity contribution in [2.45, 2.75) is 0 Å². The third kappa shape index (κ3) is 2.59. The van der Waals surface area contributed by atoms with Gasteiger partial charge in [0.2, 0.25) is 0 Å². The summed E-state index contributed by atoms with van der Waals surface area (Å²) in [6.45, 7) is 0. The van der Waals surface area contributed by atoms with Gasteiger partial charge in [0, 0.05) is 16.9 Å². The SMILES string of the molecule is Nc1cccnc1NC(=O)c1ncccc1Br. The number of hydrogen-bond acceptors (Lipinski definition) is 4. The number of pyridine rings is 2. The van der Waals surface area contributed by atoms with Gasteiger partial charge in [-0.15, -0.1) is 0 Å². The van der Waals surface area contributed by atoms with Gasteiger partial charge in [0.05, 0.1) is 5.69 Å². The average molecular weight is 293 g/mol. The minimum atomic E-state index is -0.358. The van der Waals surface area contributed by atoms with Crippen molar-refractivity contribution in [2.24, 2.45) is 0 Å². The van der Waals surface area contributed by atoms with Crippen molar-refractivity contribution in [1.29, 1.82) is 0 Å². The van der Waals surface area contributed by atoms with E-state index in [4.69, 9.17) is 5.73 Å². The largest absolute Gasteiger partial charge is 0.396 e. The fourth-order valence-corrected chi connectivity index (χ4v) is 1.68. The van der Waals surface area contributed by atoms with Crippen LogP contribution in [0.25, 0.3) is 0 Å². The number of nitrogens with one attached hydrogen (secondary N) is 1. The van der Waals surface area contributed by atoms with Crippen molar-refractivity contribution in [2.75, 3.05) is 11.1 Å². The summed E-state index contributed by atoms with van der Waals surface area (Å²) in [5.41, 5.74) is 6.38. The lowest BCUT2D eigenvalue weighted by Crippen LogP contribution is -2.16. The van der Waals surface area contributed by atoms with E-state index in [1.807, 2.05) is 0 Å². The first kappa shape index (κ1) is 11.5. The number of hydrogen-bond donors (Lipinski definition) is 2. The van der Waals surface area contributed by atoms with E-state index in [9.17, 15) is 4.79 Å². The van der Waals surface area contributed by atoms with E-state index in [0.29, 0.717) is 16.0 Å². The number of carbonyl (C=O) groups is 1. The highest BCUT2D eigenvalue weighted by Gasteiger charge is 2.12. The van der Waals surface area contributed by atoms with Crippen LogP contribution in [-0.4, -0.2) is 15.9 Å². The third-order valence-corrected chi connectivity index (χ3v) is 2.68. The molecule has 2 heterocycles. The van der Waals surface area contributed by atoms with Crippen LogP contribution in [0, 0.1) is 0 Å². The van der Waals surface area contributed by atoms with Gasteiger partial charge in [-0.2, -0.15) is 0 Å². The molecule has 5 nitrogen and oxygen atoms in total. The molecule has 0 bridgehead atoms. The maximum atomic E-state index is 11.9. The van der Waals surface area contributed by atoms with Crippen molar-refractivity contribution >= 4 is 33.3 Å². The molecule has 6 heteroatoms. The number of anilines is 2. The summed E-state index contributed by atoms with van der Waals surface area (Å²) in [6, 6.07) is 6.83. The van der Waals surface area contributed by atoms with Crippen LogP contribution in [0.4, 0.5) is 11.5 Å². The topological polar surface area (TPSA) is 80.9 Å². The van der Waals surface area contributed by atoms with Gasteiger partial charge in [-0.3, -0.25) is 4.79 Å². The first-order chi connectivity index (χ1) is 8.18. The molecule has 0 unspecified atom stereocenters. The zero-order valence-corrected chi connectivity index (χ0v) is 10.3. The molecule has 2 aromatic heterocycles. The molecule has 0 saturated heterocycles. The summed E-state index contributed by atoms with van der Waals surface area (Å²) in [5, 5.41) is 2.60. The highest BCUT2D eigenvalue weighted by Crippen LogP contribution is 2.17. The molecule has 0 fully saturated rings. The quantitative estimate of drug-likeness (QED) is 0.888. The molecule has 0 spiro atoms. The fraction of sp³-hybridized carbons (Fsp3) is 0. The highest BCUT2D eigenvalue weighted by molar-refractivity contribution is 9.10. The molecule has 0 aliphatic heterocycles. The molecule has 0 aromatic carbocycles. The Morgan fingerprint density at radius 3 is 2.65 bits per heavy atom. The summed E-state index contributed by atoms with van der Waals surface area (Å²) >= 11 is 3.25. The van der Waals surface area contributed by atoms with Crippen molar-refractivity contribution in [1.82, 2.24) is 9.97 Å². The van der Waals surface area contributed by atoms with Crippen molar-refractivity contribution < 1.29 is 4.79 Å². The molecule has 2 rings (SSSR count). The summed E-state index contributed by atoms with van der Waals surface area (Å²) in [5.74, 6) is -0.0297. The lowest BCUT2D eigenvalue weighted by molar-refractivity contribution is 0.102. The number of aromatic nitrogens is 2. The summed E-state index contributed by atoms with van der Waals surface area (Å²) in [7, 11) is 0. The van der Waals surface area contributed by atoms with Gasteiger partial charge < -0.3 is 11.1 Å². The Morgan fingerprint density at radius 2 is 1.94 bits per heavy atom. The average Bonchev–Trinajstić information content (AvgIpc) is 2.32. The van der Waals surface area contributed by atoms with E-state index in [2.05, 4.69) is 31.2 Å². The maximum Gasteiger partial charge on any atom is 0.276 e. The van der Waals surface area contributed by atoms with Gasteiger partial charge in [-0.1, -0.05) is 0 Å². The predicted octanol–water partition coefficient (Wildman–Crippen LogP) is 2.07. The molecule has 2 aromatic rings. The van der Waals surface area contributed by atoms with Crippen molar-refractivity contribution in [3.63, 3.8) is 0 Å². The van der Waals surface area contributed by atoms with Crippen LogP contribution < -0.4 is 11.1 Å². The number of rotatable bonds is 2. The highest BCUT2D eigenvalue weighted by atomic mass is 79.9. The second-order valence-corrected chi connectivity index (χ2v) is 4.08. The van der Waals surface area contributed by atoms with E-state index in [1.54, 1.807) is 36.7 Å². The first-order valence-corrected chi connectivity index (χ1v) is 5.60. The Hall–Kier alpha value is -1.95. The predicted molar refractivity (Wildman–Crippen MR) is 68.5 cm³/mol. The van der Waals surface area contributed by atoms with Gasteiger partial charge in [-0.25, -0.2) is 9.97 Å². The molecule has 0 aliphatic carbocycles. The number of carbonyl (C=O) groups excluding carboxylic acids is 1. The minimum Gasteiger partial charge on any atom is -0.396 e. The van der Waals surface area contributed by atoms with Gasteiger partial charge >= 0.3 is 0 Å². The van der Waals surface area contributed by atoms with Crippen LogP contribution in [0.5, 0.6) is 0 Å². The molecule has 86 valence electrons.